The third kappa shape index (κ3) is 4.10. The molecule has 3 atom stereocenters. The lowest BCUT2D eigenvalue weighted by molar-refractivity contribution is -0.122. The Morgan fingerprint density at radius 2 is 2.19 bits per heavy atom. The van der Waals surface area contributed by atoms with Crippen molar-refractivity contribution in [1.82, 2.24) is 5.32 Å². The van der Waals surface area contributed by atoms with Crippen molar-refractivity contribution in [2.24, 2.45) is 11.7 Å². The Bertz CT molecular complexity index is 221. The highest BCUT2D eigenvalue weighted by Gasteiger charge is 2.23. The van der Waals surface area contributed by atoms with Gasteiger partial charge in [0.2, 0.25) is 5.91 Å². The monoisotopic (exact) mass is 228 g/mol. The zero-order valence-corrected chi connectivity index (χ0v) is 10.1. The lowest BCUT2D eigenvalue weighted by atomic mass is 9.86. The molecule has 1 aliphatic carbocycles. The number of nitrogens with one attached hydrogen (secondary N) is 1. The minimum Gasteiger partial charge on any atom is -0.393 e. The number of amides is 1. The molecule has 4 heteroatoms. The van der Waals surface area contributed by atoms with Crippen molar-refractivity contribution in [1.29, 1.82) is 0 Å². The number of rotatable bonds is 5. The maximum atomic E-state index is 11.6. The van der Waals surface area contributed by atoms with Crippen LogP contribution in [0.25, 0.3) is 0 Å². The van der Waals surface area contributed by atoms with Crippen LogP contribution in [0.2, 0.25) is 0 Å². The first-order chi connectivity index (χ1) is 7.65. The van der Waals surface area contributed by atoms with Crippen LogP contribution in [-0.4, -0.2) is 29.7 Å². The van der Waals surface area contributed by atoms with Gasteiger partial charge in [-0.15, -0.1) is 0 Å². The molecular formula is C12H24N2O2. The molecule has 0 saturated heterocycles. The molecule has 0 spiro atoms. The minimum absolute atomic E-state index is 0.0837. The van der Waals surface area contributed by atoms with E-state index in [9.17, 15) is 9.90 Å². The summed E-state index contributed by atoms with van der Waals surface area (Å²) in [6, 6.07) is -0.397. The number of aliphatic hydroxyl groups excluding tert-OH is 1. The van der Waals surface area contributed by atoms with Crippen molar-refractivity contribution < 1.29 is 9.90 Å². The number of hydrogen-bond donors (Lipinski definition) is 3. The maximum Gasteiger partial charge on any atom is 0.236 e. The van der Waals surface area contributed by atoms with Gasteiger partial charge in [-0.2, -0.15) is 0 Å². The summed E-state index contributed by atoms with van der Waals surface area (Å²) in [5, 5.41) is 12.6. The second-order valence-corrected chi connectivity index (χ2v) is 4.75. The van der Waals surface area contributed by atoms with E-state index in [2.05, 4.69) is 5.32 Å². The van der Waals surface area contributed by atoms with E-state index < -0.39 is 6.04 Å². The summed E-state index contributed by atoms with van der Waals surface area (Å²) in [6.45, 7) is 2.58. The van der Waals surface area contributed by atoms with Gasteiger partial charge in [-0.3, -0.25) is 4.79 Å². The summed E-state index contributed by atoms with van der Waals surface area (Å²) in [4.78, 5) is 11.6. The predicted molar refractivity (Wildman–Crippen MR) is 63.9 cm³/mol. The molecule has 16 heavy (non-hydrogen) atoms. The van der Waals surface area contributed by atoms with Gasteiger partial charge >= 0.3 is 0 Å². The van der Waals surface area contributed by atoms with Gasteiger partial charge in [0.05, 0.1) is 12.1 Å². The maximum absolute atomic E-state index is 11.6. The molecule has 94 valence electrons. The molecule has 0 aromatic rings. The van der Waals surface area contributed by atoms with Gasteiger partial charge < -0.3 is 16.2 Å². The zero-order valence-electron chi connectivity index (χ0n) is 10.1. The van der Waals surface area contributed by atoms with Crippen LogP contribution < -0.4 is 11.1 Å². The van der Waals surface area contributed by atoms with Crippen LogP contribution in [0, 0.1) is 5.92 Å². The van der Waals surface area contributed by atoms with Gasteiger partial charge in [0, 0.05) is 12.5 Å². The molecule has 4 nitrogen and oxygen atoms in total. The number of nitrogens with two attached hydrogens (primary N) is 1. The van der Waals surface area contributed by atoms with E-state index in [1.165, 1.54) is 0 Å². The van der Waals surface area contributed by atoms with Crippen molar-refractivity contribution in [2.75, 3.05) is 6.54 Å². The minimum atomic E-state index is -0.397. The molecule has 0 bridgehead atoms. The van der Waals surface area contributed by atoms with Crippen LogP contribution in [0.1, 0.15) is 45.4 Å². The van der Waals surface area contributed by atoms with E-state index in [1.807, 2.05) is 6.92 Å². The topological polar surface area (TPSA) is 75.4 Å². The first-order valence-corrected chi connectivity index (χ1v) is 6.36. The summed E-state index contributed by atoms with van der Waals surface area (Å²) in [6.07, 6.45) is 5.50. The molecule has 0 heterocycles. The highest BCUT2D eigenvalue weighted by Crippen LogP contribution is 2.23. The number of carbonyl (C=O) groups excluding carboxylic acids is 1. The lowest BCUT2D eigenvalue weighted by Crippen LogP contribution is -2.44. The molecular weight excluding hydrogens is 204 g/mol. The van der Waals surface area contributed by atoms with E-state index in [1.54, 1.807) is 0 Å². The number of hydrogen-bond acceptors (Lipinski definition) is 3. The molecule has 4 N–H and O–H groups in total. The Hall–Kier alpha value is -0.610. The normalized spacial score (nSPS) is 27.4. The fourth-order valence-electron chi connectivity index (χ4n) is 2.23. The van der Waals surface area contributed by atoms with Gasteiger partial charge in [-0.25, -0.2) is 0 Å². The van der Waals surface area contributed by atoms with Crippen LogP contribution >= 0.6 is 0 Å². The fraction of sp³-hybridized carbons (Fsp3) is 0.917. The van der Waals surface area contributed by atoms with Crippen LogP contribution in [0.4, 0.5) is 0 Å². The first-order valence-electron chi connectivity index (χ1n) is 6.36. The van der Waals surface area contributed by atoms with Crippen LogP contribution in [-0.2, 0) is 4.79 Å². The summed E-state index contributed by atoms with van der Waals surface area (Å²) in [7, 11) is 0. The quantitative estimate of drug-likeness (QED) is 0.651. The standard InChI is InChI=1S/C12H24N2O2/c1-2-5-10(13)12(16)14-8-9-6-3-4-7-11(9)15/h9-11,15H,2-8,13H2,1H3,(H,14,16)/t9?,10-,11?/m0/s1. The Morgan fingerprint density at radius 3 is 2.81 bits per heavy atom. The Kier molecular flexibility index (Phi) is 5.77. The van der Waals surface area contributed by atoms with Crippen molar-refractivity contribution in [2.45, 2.75) is 57.6 Å². The van der Waals surface area contributed by atoms with E-state index >= 15 is 0 Å². The van der Waals surface area contributed by atoms with Gasteiger partial charge in [0.15, 0.2) is 0 Å². The summed E-state index contributed by atoms with van der Waals surface area (Å²) >= 11 is 0. The number of carbonyl (C=O) groups is 1. The van der Waals surface area contributed by atoms with Crippen LogP contribution in [0.5, 0.6) is 0 Å². The van der Waals surface area contributed by atoms with Crippen molar-refractivity contribution in [3.63, 3.8) is 0 Å². The summed E-state index contributed by atoms with van der Waals surface area (Å²) < 4.78 is 0. The second-order valence-electron chi connectivity index (χ2n) is 4.75. The van der Waals surface area contributed by atoms with E-state index in [4.69, 9.17) is 5.73 Å². The Labute approximate surface area is 97.6 Å². The largest absolute Gasteiger partial charge is 0.393 e. The first kappa shape index (κ1) is 13.5. The molecule has 1 fully saturated rings. The molecule has 1 aliphatic rings. The average Bonchev–Trinajstić information content (AvgIpc) is 2.28. The summed E-state index contributed by atoms with van der Waals surface area (Å²) in [5.41, 5.74) is 5.70. The third-order valence-corrected chi connectivity index (χ3v) is 3.34. The number of aliphatic hydroxyl groups is 1. The van der Waals surface area contributed by atoms with Gasteiger partial charge in [0.1, 0.15) is 0 Å². The Morgan fingerprint density at radius 1 is 1.50 bits per heavy atom. The highest BCUT2D eigenvalue weighted by atomic mass is 16.3. The average molecular weight is 228 g/mol. The van der Waals surface area contributed by atoms with Crippen molar-refractivity contribution in [3.8, 4) is 0 Å². The molecule has 0 radical (unpaired) electrons. The molecule has 0 aromatic heterocycles. The van der Waals surface area contributed by atoms with E-state index in [0.29, 0.717) is 6.54 Å². The SMILES string of the molecule is CCC[C@H](N)C(=O)NCC1CCCCC1O. The Balaban J connectivity index is 2.24. The van der Waals surface area contributed by atoms with E-state index in [0.717, 1.165) is 38.5 Å². The smallest absolute Gasteiger partial charge is 0.236 e. The van der Waals surface area contributed by atoms with E-state index in [-0.39, 0.29) is 17.9 Å². The lowest BCUT2D eigenvalue weighted by Gasteiger charge is -2.28. The van der Waals surface area contributed by atoms with Gasteiger partial charge in [-0.05, 0) is 19.3 Å². The molecule has 1 saturated carbocycles. The summed E-state index contributed by atoms with van der Waals surface area (Å²) in [5.74, 6) is 0.131. The third-order valence-electron chi connectivity index (χ3n) is 3.34. The molecule has 1 amide bonds. The highest BCUT2D eigenvalue weighted by molar-refractivity contribution is 5.81. The van der Waals surface area contributed by atoms with Crippen LogP contribution in [0.3, 0.4) is 0 Å². The zero-order chi connectivity index (χ0) is 12.0. The predicted octanol–water partition coefficient (Wildman–Crippen LogP) is 0.781. The molecule has 1 rings (SSSR count). The second kappa shape index (κ2) is 6.86. The molecule has 2 unspecified atom stereocenters. The van der Waals surface area contributed by atoms with Gasteiger partial charge in [0.25, 0.3) is 0 Å². The van der Waals surface area contributed by atoms with Crippen LogP contribution in [0.15, 0.2) is 0 Å². The molecule has 0 aromatic carbocycles. The fourth-order valence-corrected chi connectivity index (χ4v) is 2.23. The van der Waals surface area contributed by atoms with Crippen molar-refractivity contribution >= 4 is 5.91 Å². The molecule has 0 aliphatic heterocycles. The van der Waals surface area contributed by atoms with Crippen molar-refractivity contribution in [3.05, 3.63) is 0 Å². The van der Waals surface area contributed by atoms with Gasteiger partial charge in [-0.1, -0.05) is 26.2 Å².